The number of hydrogen-bond acceptors (Lipinski definition) is 6. The molecule has 2 aromatic carbocycles. The van der Waals surface area contributed by atoms with Gasteiger partial charge in [0.05, 0.1) is 16.6 Å². The smallest absolute Gasteiger partial charge is 0.225 e. The molecule has 0 aliphatic rings. The summed E-state index contributed by atoms with van der Waals surface area (Å²) in [4.78, 5) is 19.5. The van der Waals surface area contributed by atoms with Crippen molar-refractivity contribution in [3.8, 4) is 0 Å². The number of H-pyrrole nitrogens is 1. The molecule has 0 aliphatic heterocycles. The number of para-hydroxylation sites is 3. The lowest BCUT2D eigenvalue weighted by Gasteiger charge is -2.13. The van der Waals surface area contributed by atoms with Crippen molar-refractivity contribution in [1.82, 2.24) is 24.8 Å². The molecule has 4 rings (SSSR count). The minimum Gasteiger partial charge on any atom is -0.369 e. The first-order chi connectivity index (χ1) is 14.2. The maximum atomic E-state index is 4.71. The first-order valence-electron chi connectivity index (χ1n) is 10.0. The van der Waals surface area contributed by atoms with Gasteiger partial charge < -0.3 is 20.5 Å². The van der Waals surface area contributed by atoms with Crippen LogP contribution >= 0.6 is 0 Å². The number of rotatable bonds is 9. The van der Waals surface area contributed by atoms with E-state index in [1.807, 2.05) is 42.5 Å². The van der Waals surface area contributed by atoms with Gasteiger partial charge in [-0.1, -0.05) is 24.3 Å². The second-order valence-electron chi connectivity index (χ2n) is 7.37. The lowest BCUT2D eigenvalue weighted by atomic mass is 10.2. The Hall–Kier alpha value is -3.19. The largest absolute Gasteiger partial charge is 0.369 e. The van der Waals surface area contributed by atoms with Gasteiger partial charge in [-0.25, -0.2) is 9.97 Å². The number of hydrogen-bond donors (Lipinski definition) is 3. The summed E-state index contributed by atoms with van der Waals surface area (Å²) in [7, 11) is 4.17. The lowest BCUT2D eigenvalue weighted by molar-refractivity contribution is 0.405. The van der Waals surface area contributed by atoms with E-state index in [1.54, 1.807) is 0 Å². The molecule has 2 heterocycles. The number of nitrogens with one attached hydrogen (secondary N) is 3. The normalized spacial score (nSPS) is 11.4. The molecule has 7 nitrogen and oxygen atoms in total. The van der Waals surface area contributed by atoms with E-state index in [9.17, 15) is 0 Å². The van der Waals surface area contributed by atoms with Crippen molar-refractivity contribution in [3.05, 3.63) is 54.4 Å². The van der Waals surface area contributed by atoms with Crippen LogP contribution in [0.2, 0.25) is 0 Å². The minimum atomic E-state index is 0.634. The molecule has 0 spiro atoms. The highest BCUT2D eigenvalue weighted by molar-refractivity contribution is 5.90. The van der Waals surface area contributed by atoms with Gasteiger partial charge in [0.15, 0.2) is 0 Å². The number of nitrogens with zero attached hydrogens (tertiary/aromatic N) is 4. The zero-order valence-corrected chi connectivity index (χ0v) is 16.9. The van der Waals surface area contributed by atoms with Crippen LogP contribution in [-0.4, -0.2) is 58.6 Å². The molecular formula is C22H27N7. The van der Waals surface area contributed by atoms with E-state index < -0.39 is 0 Å². The lowest BCUT2D eigenvalue weighted by Crippen LogP contribution is -2.17. The molecule has 150 valence electrons. The molecule has 0 saturated carbocycles. The maximum absolute atomic E-state index is 4.71. The van der Waals surface area contributed by atoms with E-state index in [0.29, 0.717) is 12.5 Å². The second kappa shape index (κ2) is 8.87. The summed E-state index contributed by atoms with van der Waals surface area (Å²) < 4.78 is 0. The van der Waals surface area contributed by atoms with Gasteiger partial charge >= 0.3 is 0 Å². The summed E-state index contributed by atoms with van der Waals surface area (Å²) >= 11 is 0. The highest BCUT2D eigenvalue weighted by atomic mass is 15.1. The van der Waals surface area contributed by atoms with Crippen LogP contribution in [0.4, 0.5) is 11.8 Å². The molecule has 0 saturated heterocycles. The molecular weight excluding hydrogens is 362 g/mol. The van der Waals surface area contributed by atoms with Crippen LogP contribution in [0, 0.1) is 0 Å². The van der Waals surface area contributed by atoms with Gasteiger partial charge in [-0.05, 0) is 51.3 Å². The Morgan fingerprint density at radius 3 is 2.48 bits per heavy atom. The molecule has 3 N–H and O–H groups in total. The van der Waals surface area contributed by atoms with Crippen LogP contribution in [0.1, 0.15) is 12.2 Å². The Bertz CT molecular complexity index is 1050. The average Bonchev–Trinajstić information content (AvgIpc) is 3.14. The van der Waals surface area contributed by atoms with Crippen molar-refractivity contribution in [2.75, 3.05) is 44.4 Å². The van der Waals surface area contributed by atoms with Crippen LogP contribution in [0.25, 0.3) is 21.9 Å². The Balaban J connectivity index is 1.43. The molecule has 0 bridgehead atoms. The zero-order chi connectivity index (χ0) is 20.1. The van der Waals surface area contributed by atoms with Crippen molar-refractivity contribution in [1.29, 1.82) is 0 Å². The van der Waals surface area contributed by atoms with E-state index in [-0.39, 0.29) is 0 Å². The number of aromatic nitrogens is 4. The minimum absolute atomic E-state index is 0.634. The summed E-state index contributed by atoms with van der Waals surface area (Å²) in [6.07, 6.45) is 1.83. The first kappa shape index (κ1) is 19.1. The topological polar surface area (TPSA) is 81.8 Å². The zero-order valence-electron chi connectivity index (χ0n) is 16.9. The second-order valence-corrected chi connectivity index (χ2v) is 7.37. The maximum Gasteiger partial charge on any atom is 0.225 e. The quantitative estimate of drug-likeness (QED) is 0.380. The van der Waals surface area contributed by atoms with Crippen molar-refractivity contribution in [3.63, 3.8) is 0 Å². The first-order valence-corrected chi connectivity index (χ1v) is 10.0. The summed E-state index contributed by atoms with van der Waals surface area (Å²) in [5, 5.41) is 7.86. The van der Waals surface area contributed by atoms with Gasteiger partial charge in [0.2, 0.25) is 5.95 Å². The average molecular weight is 390 g/mol. The molecule has 4 aromatic rings. The predicted molar refractivity (Wildman–Crippen MR) is 119 cm³/mol. The van der Waals surface area contributed by atoms with E-state index in [2.05, 4.69) is 50.6 Å². The third-order valence-electron chi connectivity index (χ3n) is 4.76. The fraction of sp³-hybridized carbons (Fsp3) is 0.318. The van der Waals surface area contributed by atoms with Crippen molar-refractivity contribution in [2.45, 2.75) is 12.8 Å². The third kappa shape index (κ3) is 4.81. The Labute approximate surface area is 170 Å². The number of anilines is 2. The van der Waals surface area contributed by atoms with Crippen LogP contribution in [0.3, 0.4) is 0 Å². The standard InChI is InChI=1S/C22H27N7/c1-29(2)15-7-13-23-21-16-8-3-4-9-17(16)27-22(28-21)24-14-12-20-25-18-10-5-6-11-19(18)26-20/h3-6,8-11H,7,12-15H2,1-2H3,(H,25,26)(H2,23,24,27,28). The van der Waals surface area contributed by atoms with Crippen LogP contribution < -0.4 is 10.6 Å². The molecule has 0 amide bonds. The molecule has 2 aromatic heterocycles. The van der Waals surface area contributed by atoms with Gasteiger partial charge in [-0.3, -0.25) is 0 Å². The van der Waals surface area contributed by atoms with Gasteiger partial charge in [0.1, 0.15) is 11.6 Å². The Morgan fingerprint density at radius 2 is 1.66 bits per heavy atom. The number of benzene rings is 2. The van der Waals surface area contributed by atoms with E-state index in [0.717, 1.165) is 59.5 Å². The molecule has 29 heavy (non-hydrogen) atoms. The molecule has 0 unspecified atom stereocenters. The summed E-state index contributed by atoms with van der Waals surface area (Å²) in [5.41, 5.74) is 2.99. The summed E-state index contributed by atoms with van der Waals surface area (Å²) in [5.74, 6) is 2.47. The monoisotopic (exact) mass is 389 g/mol. The van der Waals surface area contributed by atoms with E-state index in [1.165, 1.54) is 0 Å². The molecule has 7 heteroatoms. The molecule has 0 aliphatic carbocycles. The van der Waals surface area contributed by atoms with Crippen LogP contribution in [0.15, 0.2) is 48.5 Å². The predicted octanol–water partition coefficient (Wildman–Crippen LogP) is 3.52. The van der Waals surface area contributed by atoms with Gasteiger partial charge in [0.25, 0.3) is 0 Å². The van der Waals surface area contributed by atoms with Crippen LogP contribution in [-0.2, 0) is 6.42 Å². The summed E-state index contributed by atoms with van der Waals surface area (Å²) in [6, 6.07) is 16.2. The highest BCUT2D eigenvalue weighted by Crippen LogP contribution is 2.21. The number of fused-ring (bicyclic) bond motifs is 2. The Kier molecular flexibility index (Phi) is 5.86. The molecule has 0 atom stereocenters. The fourth-order valence-electron chi connectivity index (χ4n) is 3.31. The van der Waals surface area contributed by atoms with Crippen LogP contribution in [0.5, 0.6) is 0 Å². The van der Waals surface area contributed by atoms with Gasteiger partial charge in [-0.15, -0.1) is 0 Å². The van der Waals surface area contributed by atoms with E-state index in [4.69, 9.17) is 4.98 Å². The molecule has 0 radical (unpaired) electrons. The van der Waals surface area contributed by atoms with Gasteiger partial charge in [0, 0.05) is 24.9 Å². The Morgan fingerprint density at radius 1 is 0.862 bits per heavy atom. The van der Waals surface area contributed by atoms with Gasteiger partial charge in [-0.2, -0.15) is 4.98 Å². The van der Waals surface area contributed by atoms with Crippen molar-refractivity contribution < 1.29 is 0 Å². The number of aromatic amines is 1. The van der Waals surface area contributed by atoms with Crippen molar-refractivity contribution in [2.24, 2.45) is 0 Å². The summed E-state index contributed by atoms with van der Waals surface area (Å²) in [6.45, 7) is 2.62. The number of imidazole rings is 1. The molecule has 0 fully saturated rings. The van der Waals surface area contributed by atoms with E-state index >= 15 is 0 Å². The highest BCUT2D eigenvalue weighted by Gasteiger charge is 2.08. The third-order valence-corrected chi connectivity index (χ3v) is 4.76. The SMILES string of the molecule is CN(C)CCCNc1nc(NCCc2nc3ccccc3[nH]2)nc2ccccc12. The van der Waals surface area contributed by atoms with Crippen molar-refractivity contribution >= 4 is 33.7 Å². The fourth-order valence-corrected chi connectivity index (χ4v) is 3.31.